The first kappa shape index (κ1) is 15.7. The van der Waals surface area contributed by atoms with Crippen LogP contribution in [0, 0.1) is 0 Å². The highest BCUT2D eigenvalue weighted by Gasteiger charge is 2.33. The third kappa shape index (κ3) is 3.80. The van der Waals surface area contributed by atoms with Crippen LogP contribution in [0.1, 0.15) is 31.9 Å². The predicted molar refractivity (Wildman–Crippen MR) is 74.7 cm³/mol. The first-order valence-electron chi connectivity index (χ1n) is 5.79. The van der Waals surface area contributed by atoms with Gasteiger partial charge in [-0.2, -0.15) is 0 Å². The summed E-state index contributed by atoms with van der Waals surface area (Å²) in [6.07, 6.45) is 0. The highest BCUT2D eigenvalue weighted by Crippen LogP contribution is 2.31. The lowest BCUT2D eigenvalue weighted by molar-refractivity contribution is -0.146. The molecule has 0 fully saturated rings. The summed E-state index contributed by atoms with van der Waals surface area (Å²) in [6.45, 7) is 5.04. The molecule has 104 valence electrons. The second kappa shape index (κ2) is 6.19. The SMILES string of the molecule is COC(=O)C(C)(C)c1cc(Br)ccc1COC(C)=O. The summed E-state index contributed by atoms with van der Waals surface area (Å²) in [6, 6.07) is 5.51. The van der Waals surface area contributed by atoms with Crippen molar-refractivity contribution in [2.24, 2.45) is 0 Å². The Bertz CT molecular complexity index is 494. The minimum atomic E-state index is -0.811. The molecule has 0 amide bonds. The molecule has 1 aromatic rings. The van der Waals surface area contributed by atoms with Gasteiger partial charge in [-0.05, 0) is 37.1 Å². The van der Waals surface area contributed by atoms with Gasteiger partial charge in [0.25, 0.3) is 0 Å². The molecule has 0 aromatic heterocycles. The van der Waals surface area contributed by atoms with Crippen molar-refractivity contribution < 1.29 is 19.1 Å². The largest absolute Gasteiger partial charge is 0.468 e. The maximum atomic E-state index is 11.9. The van der Waals surface area contributed by atoms with Crippen LogP contribution in [0.3, 0.4) is 0 Å². The molecule has 0 aliphatic rings. The van der Waals surface area contributed by atoms with E-state index in [4.69, 9.17) is 9.47 Å². The number of carbonyl (C=O) groups excluding carboxylic acids is 2. The van der Waals surface area contributed by atoms with E-state index in [-0.39, 0.29) is 18.5 Å². The molecule has 0 N–H and O–H groups in total. The van der Waals surface area contributed by atoms with E-state index in [1.54, 1.807) is 13.8 Å². The van der Waals surface area contributed by atoms with Gasteiger partial charge in [-0.25, -0.2) is 0 Å². The molecular formula is C14H17BrO4. The molecule has 0 saturated heterocycles. The third-order valence-corrected chi connectivity index (χ3v) is 3.37. The van der Waals surface area contributed by atoms with Gasteiger partial charge in [0.15, 0.2) is 0 Å². The molecule has 0 atom stereocenters. The zero-order valence-electron chi connectivity index (χ0n) is 11.5. The van der Waals surface area contributed by atoms with Crippen molar-refractivity contribution in [1.82, 2.24) is 0 Å². The van der Waals surface area contributed by atoms with E-state index in [9.17, 15) is 9.59 Å². The summed E-state index contributed by atoms with van der Waals surface area (Å²) in [5.74, 6) is -0.695. The molecule has 19 heavy (non-hydrogen) atoms. The van der Waals surface area contributed by atoms with E-state index >= 15 is 0 Å². The molecule has 5 heteroatoms. The van der Waals surface area contributed by atoms with Gasteiger partial charge in [-0.1, -0.05) is 22.0 Å². The number of carbonyl (C=O) groups is 2. The van der Waals surface area contributed by atoms with E-state index in [1.807, 2.05) is 18.2 Å². The topological polar surface area (TPSA) is 52.6 Å². The molecule has 0 unspecified atom stereocenters. The second-order valence-corrected chi connectivity index (χ2v) is 5.61. The number of esters is 2. The first-order chi connectivity index (χ1) is 8.78. The Labute approximate surface area is 121 Å². The van der Waals surface area contributed by atoms with Crippen LogP contribution in [0.5, 0.6) is 0 Å². The molecule has 0 radical (unpaired) electrons. The number of hydrogen-bond acceptors (Lipinski definition) is 4. The van der Waals surface area contributed by atoms with Crippen molar-refractivity contribution in [3.8, 4) is 0 Å². The molecule has 4 nitrogen and oxygen atoms in total. The number of ether oxygens (including phenoxy) is 2. The fourth-order valence-electron chi connectivity index (χ4n) is 1.80. The number of methoxy groups -OCH3 is 1. The van der Waals surface area contributed by atoms with Gasteiger partial charge in [0.1, 0.15) is 6.61 Å². The van der Waals surface area contributed by atoms with Gasteiger partial charge >= 0.3 is 11.9 Å². The summed E-state index contributed by atoms with van der Waals surface area (Å²) in [7, 11) is 1.35. The highest BCUT2D eigenvalue weighted by atomic mass is 79.9. The van der Waals surface area contributed by atoms with E-state index in [0.29, 0.717) is 0 Å². The van der Waals surface area contributed by atoms with Crippen LogP contribution in [-0.2, 0) is 31.1 Å². The molecule has 0 bridgehead atoms. The molecule has 0 aliphatic carbocycles. The Kier molecular flexibility index (Phi) is 5.11. The molecule has 1 aromatic carbocycles. The molecule has 0 heterocycles. The van der Waals surface area contributed by atoms with Gasteiger partial charge < -0.3 is 9.47 Å². The number of halogens is 1. The molecule has 1 rings (SSSR count). The Hall–Kier alpha value is -1.36. The Morgan fingerprint density at radius 2 is 1.95 bits per heavy atom. The molecule has 0 saturated carbocycles. The fourth-order valence-corrected chi connectivity index (χ4v) is 2.16. The average molecular weight is 329 g/mol. The third-order valence-electron chi connectivity index (χ3n) is 2.87. The fraction of sp³-hybridized carbons (Fsp3) is 0.429. The smallest absolute Gasteiger partial charge is 0.315 e. The summed E-state index contributed by atoms with van der Waals surface area (Å²) < 4.78 is 10.7. The van der Waals surface area contributed by atoms with Crippen LogP contribution in [0.25, 0.3) is 0 Å². The Morgan fingerprint density at radius 3 is 2.47 bits per heavy atom. The van der Waals surface area contributed by atoms with Crippen molar-refractivity contribution in [3.05, 3.63) is 33.8 Å². The van der Waals surface area contributed by atoms with Crippen LogP contribution < -0.4 is 0 Å². The number of benzene rings is 1. The van der Waals surface area contributed by atoms with Gasteiger partial charge in [0.05, 0.1) is 12.5 Å². The predicted octanol–water partition coefficient (Wildman–Crippen LogP) is 2.96. The van der Waals surface area contributed by atoms with E-state index in [2.05, 4.69) is 15.9 Å². The summed E-state index contributed by atoms with van der Waals surface area (Å²) in [5.41, 5.74) is 0.748. The van der Waals surface area contributed by atoms with Crippen LogP contribution >= 0.6 is 15.9 Å². The first-order valence-corrected chi connectivity index (χ1v) is 6.59. The summed E-state index contributed by atoms with van der Waals surface area (Å²) >= 11 is 3.38. The van der Waals surface area contributed by atoms with Crippen molar-refractivity contribution in [2.75, 3.05) is 7.11 Å². The average Bonchev–Trinajstić information content (AvgIpc) is 2.35. The Morgan fingerprint density at radius 1 is 1.32 bits per heavy atom. The van der Waals surface area contributed by atoms with Crippen molar-refractivity contribution >= 4 is 27.9 Å². The standard InChI is InChI=1S/C14H17BrO4/c1-9(16)19-8-10-5-6-11(15)7-12(10)14(2,3)13(17)18-4/h5-7H,8H2,1-4H3. The van der Waals surface area contributed by atoms with Crippen LogP contribution in [0.4, 0.5) is 0 Å². The molecular weight excluding hydrogens is 312 g/mol. The Balaban J connectivity index is 3.20. The van der Waals surface area contributed by atoms with E-state index in [0.717, 1.165) is 15.6 Å². The maximum Gasteiger partial charge on any atom is 0.315 e. The molecule has 0 spiro atoms. The van der Waals surface area contributed by atoms with Crippen LogP contribution in [0.15, 0.2) is 22.7 Å². The number of hydrogen-bond donors (Lipinski definition) is 0. The second-order valence-electron chi connectivity index (χ2n) is 4.70. The lowest BCUT2D eigenvalue weighted by atomic mass is 9.82. The maximum absolute atomic E-state index is 11.9. The molecule has 0 aliphatic heterocycles. The highest BCUT2D eigenvalue weighted by molar-refractivity contribution is 9.10. The van der Waals surface area contributed by atoms with Crippen molar-refractivity contribution in [1.29, 1.82) is 0 Å². The minimum absolute atomic E-state index is 0.137. The van der Waals surface area contributed by atoms with Crippen molar-refractivity contribution in [3.63, 3.8) is 0 Å². The zero-order valence-corrected chi connectivity index (χ0v) is 13.0. The summed E-state index contributed by atoms with van der Waals surface area (Å²) in [4.78, 5) is 22.8. The van der Waals surface area contributed by atoms with Crippen molar-refractivity contribution in [2.45, 2.75) is 32.8 Å². The summed E-state index contributed by atoms with van der Waals surface area (Å²) in [5, 5.41) is 0. The van der Waals surface area contributed by atoms with Gasteiger partial charge in [0, 0.05) is 11.4 Å². The quantitative estimate of drug-likeness (QED) is 0.797. The number of rotatable bonds is 4. The normalized spacial score (nSPS) is 11.0. The lowest BCUT2D eigenvalue weighted by Crippen LogP contribution is -2.31. The lowest BCUT2D eigenvalue weighted by Gasteiger charge is -2.25. The van der Waals surface area contributed by atoms with E-state index in [1.165, 1.54) is 14.0 Å². The zero-order chi connectivity index (χ0) is 14.6. The minimum Gasteiger partial charge on any atom is -0.468 e. The van der Waals surface area contributed by atoms with Gasteiger partial charge in [-0.3, -0.25) is 9.59 Å². The monoisotopic (exact) mass is 328 g/mol. The van der Waals surface area contributed by atoms with E-state index < -0.39 is 5.41 Å². The van der Waals surface area contributed by atoms with Gasteiger partial charge in [-0.15, -0.1) is 0 Å². The van der Waals surface area contributed by atoms with Gasteiger partial charge in [0.2, 0.25) is 0 Å². The van der Waals surface area contributed by atoms with Crippen LogP contribution in [0.2, 0.25) is 0 Å². The van der Waals surface area contributed by atoms with Crippen LogP contribution in [-0.4, -0.2) is 19.0 Å².